The van der Waals surface area contributed by atoms with E-state index in [9.17, 15) is 4.79 Å². The number of hydrogen-bond acceptors (Lipinski definition) is 2. The van der Waals surface area contributed by atoms with Crippen LogP contribution in [0.15, 0.2) is 30.5 Å². The molecule has 88 valence electrons. The fourth-order valence-electron chi connectivity index (χ4n) is 1.60. The Morgan fingerprint density at radius 3 is 3.12 bits per heavy atom. The Morgan fingerprint density at radius 2 is 2.35 bits per heavy atom. The molecule has 0 atom stereocenters. The van der Waals surface area contributed by atoms with Crippen LogP contribution >= 0.6 is 11.6 Å². The molecule has 17 heavy (non-hydrogen) atoms. The minimum absolute atomic E-state index is 0.344. The van der Waals surface area contributed by atoms with E-state index in [0.717, 1.165) is 16.5 Å². The number of nitrogens with one attached hydrogen (secondary N) is 1. The second kappa shape index (κ2) is 5.06. The maximum atomic E-state index is 11.2. The molecule has 0 amide bonds. The quantitative estimate of drug-likeness (QED) is 0.669. The van der Waals surface area contributed by atoms with Crippen LogP contribution in [-0.2, 0) is 9.53 Å². The van der Waals surface area contributed by atoms with Crippen LogP contribution in [0.5, 0.6) is 0 Å². The third-order valence-electron chi connectivity index (χ3n) is 2.36. The van der Waals surface area contributed by atoms with Crippen molar-refractivity contribution in [2.24, 2.45) is 0 Å². The zero-order valence-corrected chi connectivity index (χ0v) is 10.1. The molecule has 4 heteroatoms. The number of H-pyrrole nitrogens is 1. The summed E-state index contributed by atoms with van der Waals surface area (Å²) in [7, 11) is 0. The van der Waals surface area contributed by atoms with E-state index in [1.54, 1.807) is 13.0 Å². The highest BCUT2D eigenvalue weighted by molar-refractivity contribution is 6.31. The number of carbonyl (C=O) groups is 1. The fourth-order valence-corrected chi connectivity index (χ4v) is 1.77. The van der Waals surface area contributed by atoms with Crippen molar-refractivity contribution in [1.29, 1.82) is 0 Å². The van der Waals surface area contributed by atoms with Gasteiger partial charge in [0.05, 0.1) is 6.61 Å². The maximum Gasteiger partial charge on any atom is 0.330 e. The lowest BCUT2D eigenvalue weighted by Gasteiger charge is -1.95. The smallest absolute Gasteiger partial charge is 0.330 e. The van der Waals surface area contributed by atoms with E-state index in [1.807, 2.05) is 24.4 Å². The zero-order chi connectivity index (χ0) is 12.3. The van der Waals surface area contributed by atoms with E-state index >= 15 is 0 Å². The minimum atomic E-state index is -0.344. The van der Waals surface area contributed by atoms with Crippen molar-refractivity contribution in [3.8, 4) is 0 Å². The van der Waals surface area contributed by atoms with Gasteiger partial charge in [0.25, 0.3) is 0 Å². The lowest BCUT2D eigenvalue weighted by Crippen LogP contribution is -1.98. The van der Waals surface area contributed by atoms with Crippen molar-refractivity contribution in [1.82, 2.24) is 4.98 Å². The summed E-state index contributed by atoms with van der Waals surface area (Å²) in [6.45, 7) is 2.15. The highest BCUT2D eigenvalue weighted by atomic mass is 35.5. The average molecular weight is 250 g/mol. The van der Waals surface area contributed by atoms with Gasteiger partial charge in [-0.05, 0) is 31.2 Å². The van der Waals surface area contributed by atoms with Crippen LogP contribution in [0.1, 0.15) is 12.5 Å². The van der Waals surface area contributed by atoms with Crippen LogP contribution in [0.3, 0.4) is 0 Å². The predicted octanol–water partition coefficient (Wildman–Crippen LogP) is 3.40. The van der Waals surface area contributed by atoms with Gasteiger partial charge in [0.15, 0.2) is 0 Å². The topological polar surface area (TPSA) is 42.1 Å². The number of carbonyl (C=O) groups excluding carboxylic acids is 1. The number of halogens is 1. The molecule has 0 radical (unpaired) electrons. The summed E-state index contributed by atoms with van der Waals surface area (Å²) in [5.41, 5.74) is 1.90. The van der Waals surface area contributed by atoms with Gasteiger partial charge < -0.3 is 9.72 Å². The first-order chi connectivity index (χ1) is 8.20. The molecule has 0 aliphatic heterocycles. The van der Waals surface area contributed by atoms with Crippen LogP contribution in [0, 0.1) is 0 Å². The Kier molecular flexibility index (Phi) is 3.49. The molecule has 0 saturated heterocycles. The average Bonchev–Trinajstić information content (AvgIpc) is 2.69. The lowest BCUT2D eigenvalue weighted by atomic mass is 10.1. The molecule has 0 unspecified atom stereocenters. The summed E-state index contributed by atoms with van der Waals surface area (Å²) >= 11 is 5.93. The first-order valence-electron chi connectivity index (χ1n) is 5.32. The molecule has 0 bridgehead atoms. The van der Waals surface area contributed by atoms with E-state index in [-0.39, 0.29) is 5.97 Å². The predicted molar refractivity (Wildman–Crippen MR) is 69.0 cm³/mol. The molecule has 2 rings (SSSR count). The molecule has 0 aliphatic rings. The van der Waals surface area contributed by atoms with Crippen LogP contribution in [-0.4, -0.2) is 17.6 Å². The summed E-state index contributed by atoms with van der Waals surface area (Å²) < 4.78 is 4.81. The van der Waals surface area contributed by atoms with Gasteiger partial charge >= 0.3 is 5.97 Å². The van der Waals surface area contributed by atoms with Crippen molar-refractivity contribution in [3.05, 3.63) is 41.1 Å². The summed E-state index contributed by atoms with van der Waals surface area (Å²) in [6, 6.07) is 5.58. The fraction of sp³-hybridized carbons (Fsp3) is 0.154. The first kappa shape index (κ1) is 11.7. The molecule has 1 aromatic carbocycles. The van der Waals surface area contributed by atoms with Crippen molar-refractivity contribution in [3.63, 3.8) is 0 Å². The van der Waals surface area contributed by atoms with Crippen molar-refractivity contribution >= 4 is 34.5 Å². The van der Waals surface area contributed by atoms with Crippen LogP contribution < -0.4 is 0 Å². The number of aromatic nitrogens is 1. The van der Waals surface area contributed by atoms with Gasteiger partial charge in [-0.25, -0.2) is 4.79 Å². The minimum Gasteiger partial charge on any atom is -0.463 e. The van der Waals surface area contributed by atoms with Gasteiger partial charge in [0, 0.05) is 33.8 Å². The zero-order valence-electron chi connectivity index (χ0n) is 9.37. The number of ether oxygens (including phenoxy) is 1. The molecule has 2 aromatic rings. The standard InChI is InChI=1S/C13H12ClNO2/c1-2-17-13(16)6-3-9-8-15-12-5-4-10(14)7-11(9)12/h3-8,15H,2H2,1H3/b6-3+. The number of esters is 1. The van der Waals surface area contributed by atoms with Crippen LogP contribution in [0.25, 0.3) is 17.0 Å². The second-order valence-corrected chi connectivity index (χ2v) is 3.96. The van der Waals surface area contributed by atoms with Gasteiger partial charge in [-0.15, -0.1) is 0 Å². The molecule has 1 aromatic heterocycles. The molecular weight excluding hydrogens is 238 g/mol. The SMILES string of the molecule is CCOC(=O)/C=C/c1c[nH]c2ccc(Cl)cc12. The number of rotatable bonds is 3. The van der Waals surface area contributed by atoms with Gasteiger partial charge in [0.1, 0.15) is 0 Å². The highest BCUT2D eigenvalue weighted by Crippen LogP contribution is 2.23. The second-order valence-electron chi connectivity index (χ2n) is 3.52. The van der Waals surface area contributed by atoms with Crippen molar-refractivity contribution in [2.75, 3.05) is 6.61 Å². The number of hydrogen-bond donors (Lipinski definition) is 1. The van der Waals surface area contributed by atoms with Crippen LogP contribution in [0.2, 0.25) is 5.02 Å². The Bertz CT molecular complexity index is 572. The molecule has 3 nitrogen and oxygen atoms in total. The summed E-state index contributed by atoms with van der Waals surface area (Å²) in [5, 5.41) is 1.65. The summed E-state index contributed by atoms with van der Waals surface area (Å²) in [4.78, 5) is 14.3. The molecule has 0 fully saturated rings. The largest absolute Gasteiger partial charge is 0.463 e. The van der Waals surface area contributed by atoms with Crippen LogP contribution in [0.4, 0.5) is 0 Å². The molecule has 1 N–H and O–H groups in total. The number of fused-ring (bicyclic) bond motifs is 1. The van der Waals surface area contributed by atoms with E-state index in [4.69, 9.17) is 16.3 Å². The van der Waals surface area contributed by atoms with E-state index in [0.29, 0.717) is 11.6 Å². The van der Waals surface area contributed by atoms with Crippen molar-refractivity contribution < 1.29 is 9.53 Å². The Balaban J connectivity index is 2.30. The molecule has 1 heterocycles. The monoisotopic (exact) mass is 249 g/mol. The number of benzene rings is 1. The van der Waals surface area contributed by atoms with Crippen molar-refractivity contribution in [2.45, 2.75) is 6.92 Å². The van der Waals surface area contributed by atoms with Gasteiger partial charge in [0.2, 0.25) is 0 Å². The van der Waals surface area contributed by atoms with Gasteiger partial charge in [-0.3, -0.25) is 0 Å². The third kappa shape index (κ3) is 2.68. The first-order valence-corrected chi connectivity index (χ1v) is 5.70. The highest BCUT2D eigenvalue weighted by Gasteiger charge is 2.02. The van der Waals surface area contributed by atoms with Gasteiger partial charge in [-0.1, -0.05) is 11.6 Å². The molecule has 0 saturated carbocycles. The van der Waals surface area contributed by atoms with E-state index < -0.39 is 0 Å². The maximum absolute atomic E-state index is 11.2. The normalized spacial score (nSPS) is 11.2. The third-order valence-corrected chi connectivity index (χ3v) is 2.60. The Labute approximate surface area is 104 Å². The molecule has 0 aliphatic carbocycles. The molecule has 0 spiro atoms. The summed E-state index contributed by atoms with van der Waals surface area (Å²) in [5.74, 6) is -0.344. The Morgan fingerprint density at radius 1 is 1.53 bits per heavy atom. The molecular formula is C13H12ClNO2. The number of aromatic amines is 1. The lowest BCUT2D eigenvalue weighted by molar-refractivity contribution is -0.137. The van der Waals surface area contributed by atoms with Gasteiger partial charge in [-0.2, -0.15) is 0 Å². The van der Waals surface area contributed by atoms with E-state index in [2.05, 4.69) is 4.98 Å². The summed E-state index contributed by atoms with van der Waals surface area (Å²) in [6.07, 6.45) is 4.96. The van der Waals surface area contributed by atoms with E-state index in [1.165, 1.54) is 6.08 Å². The Hall–Kier alpha value is -1.74.